The molecule has 0 saturated heterocycles. The maximum atomic E-state index is 5.80. The molecule has 1 rings (SSSR count). The van der Waals surface area contributed by atoms with Crippen LogP contribution in [0.4, 0.5) is 0 Å². The topological polar surface area (TPSA) is 21.3 Å². The molecule has 0 aliphatic rings. The van der Waals surface area contributed by atoms with Crippen LogP contribution in [0.25, 0.3) is 0 Å². The van der Waals surface area contributed by atoms with Crippen LogP contribution in [0, 0.1) is 0 Å². The van der Waals surface area contributed by atoms with Crippen molar-refractivity contribution < 1.29 is 4.74 Å². The summed E-state index contributed by atoms with van der Waals surface area (Å²) in [6.07, 6.45) is 1.30. The summed E-state index contributed by atoms with van der Waals surface area (Å²) in [6, 6.07) is 9.98. The molecule has 0 radical (unpaired) electrons. The smallest absolute Gasteiger partial charge is 0.119 e. The summed E-state index contributed by atoms with van der Waals surface area (Å²) in [5.74, 6) is 0.956. The SMILES string of the molecule is CCNCC(CC)Oc1ccccc1. The molecule has 1 aromatic carbocycles. The van der Waals surface area contributed by atoms with Crippen LogP contribution in [0.1, 0.15) is 20.3 Å². The number of ether oxygens (including phenoxy) is 1. The first-order valence-electron chi connectivity index (χ1n) is 5.29. The molecule has 2 nitrogen and oxygen atoms in total. The maximum absolute atomic E-state index is 5.80. The van der Waals surface area contributed by atoms with Crippen LogP contribution in [-0.2, 0) is 0 Å². The minimum Gasteiger partial charge on any atom is -0.489 e. The predicted molar refractivity (Wildman–Crippen MR) is 59.7 cm³/mol. The first-order chi connectivity index (χ1) is 6.86. The summed E-state index contributed by atoms with van der Waals surface area (Å²) in [5, 5.41) is 3.29. The zero-order valence-corrected chi connectivity index (χ0v) is 8.99. The van der Waals surface area contributed by atoms with Crippen LogP contribution in [-0.4, -0.2) is 19.2 Å². The second-order valence-electron chi connectivity index (χ2n) is 3.27. The van der Waals surface area contributed by atoms with Crippen LogP contribution in [0.5, 0.6) is 5.75 Å². The van der Waals surface area contributed by atoms with Gasteiger partial charge in [-0.3, -0.25) is 0 Å². The van der Waals surface area contributed by atoms with Crippen molar-refractivity contribution in [2.75, 3.05) is 13.1 Å². The van der Waals surface area contributed by atoms with E-state index in [1.807, 2.05) is 30.3 Å². The summed E-state index contributed by atoms with van der Waals surface area (Å²) in [6.45, 7) is 6.16. The number of benzene rings is 1. The molecule has 0 heterocycles. The van der Waals surface area contributed by atoms with Crippen molar-refractivity contribution in [2.24, 2.45) is 0 Å². The van der Waals surface area contributed by atoms with Crippen LogP contribution < -0.4 is 10.1 Å². The number of hydrogen-bond donors (Lipinski definition) is 1. The predicted octanol–water partition coefficient (Wildman–Crippen LogP) is 2.45. The molecule has 0 aliphatic heterocycles. The van der Waals surface area contributed by atoms with Gasteiger partial charge >= 0.3 is 0 Å². The normalized spacial score (nSPS) is 12.4. The maximum Gasteiger partial charge on any atom is 0.119 e. The minimum absolute atomic E-state index is 0.275. The van der Waals surface area contributed by atoms with Gasteiger partial charge in [-0.25, -0.2) is 0 Å². The largest absolute Gasteiger partial charge is 0.489 e. The van der Waals surface area contributed by atoms with Crippen molar-refractivity contribution in [3.63, 3.8) is 0 Å². The quantitative estimate of drug-likeness (QED) is 0.749. The Morgan fingerprint density at radius 2 is 1.93 bits per heavy atom. The Labute approximate surface area is 86.3 Å². The van der Waals surface area contributed by atoms with Crippen molar-refractivity contribution in [1.82, 2.24) is 5.32 Å². The Balaban J connectivity index is 2.40. The molecule has 0 fully saturated rings. The first kappa shape index (κ1) is 11.1. The van der Waals surface area contributed by atoms with Crippen molar-refractivity contribution >= 4 is 0 Å². The van der Waals surface area contributed by atoms with E-state index in [0.29, 0.717) is 0 Å². The van der Waals surface area contributed by atoms with Crippen LogP contribution >= 0.6 is 0 Å². The lowest BCUT2D eigenvalue weighted by Gasteiger charge is -2.17. The number of para-hydroxylation sites is 1. The fourth-order valence-corrected chi connectivity index (χ4v) is 1.27. The number of hydrogen-bond acceptors (Lipinski definition) is 2. The van der Waals surface area contributed by atoms with Gasteiger partial charge in [-0.2, -0.15) is 0 Å². The second-order valence-corrected chi connectivity index (χ2v) is 3.27. The molecule has 78 valence electrons. The van der Waals surface area contributed by atoms with Gasteiger partial charge in [-0.15, -0.1) is 0 Å². The van der Waals surface area contributed by atoms with E-state index in [4.69, 9.17) is 4.74 Å². The second kappa shape index (κ2) is 6.44. The Bertz CT molecular complexity index is 235. The van der Waals surface area contributed by atoms with Crippen molar-refractivity contribution in [3.05, 3.63) is 30.3 Å². The molecule has 0 aliphatic carbocycles. The summed E-state index contributed by atoms with van der Waals surface area (Å²) < 4.78 is 5.80. The fraction of sp³-hybridized carbons (Fsp3) is 0.500. The van der Waals surface area contributed by atoms with Gasteiger partial charge in [0.05, 0.1) is 0 Å². The third-order valence-corrected chi connectivity index (χ3v) is 2.12. The lowest BCUT2D eigenvalue weighted by Crippen LogP contribution is -2.30. The highest BCUT2D eigenvalue weighted by Gasteiger charge is 2.05. The van der Waals surface area contributed by atoms with E-state index in [9.17, 15) is 0 Å². The number of rotatable bonds is 6. The van der Waals surface area contributed by atoms with E-state index in [-0.39, 0.29) is 6.10 Å². The van der Waals surface area contributed by atoms with E-state index in [1.165, 1.54) is 0 Å². The zero-order chi connectivity index (χ0) is 10.2. The van der Waals surface area contributed by atoms with Crippen molar-refractivity contribution in [1.29, 1.82) is 0 Å². The average molecular weight is 193 g/mol. The molecule has 0 aromatic heterocycles. The molecule has 1 aromatic rings. The Hall–Kier alpha value is -1.02. The molecule has 0 amide bonds. The van der Waals surface area contributed by atoms with Gasteiger partial charge in [0, 0.05) is 6.54 Å². The van der Waals surface area contributed by atoms with Crippen LogP contribution in [0.2, 0.25) is 0 Å². The average Bonchev–Trinajstić information content (AvgIpc) is 2.25. The van der Waals surface area contributed by atoms with Crippen molar-refractivity contribution in [2.45, 2.75) is 26.4 Å². The summed E-state index contributed by atoms with van der Waals surface area (Å²) in [7, 11) is 0. The molecule has 14 heavy (non-hydrogen) atoms. The monoisotopic (exact) mass is 193 g/mol. The third kappa shape index (κ3) is 3.79. The van der Waals surface area contributed by atoms with Crippen LogP contribution in [0.15, 0.2) is 30.3 Å². The standard InChI is InChI=1S/C12H19NO/c1-3-11(10-13-4-2)14-12-8-6-5-7-9-12/h5-9,11,13H,3-4,10H2,1-2H3. The van der Waals surface area contributed by atoms with E-state index in [1.54, 1.807) is 0 Å². The molecule has 1 atom stereocenters. The van der Waals surface area contributed by atoms with Crippen molar-refractivity contribution in [3.8, 4) is 5.75 Å². The van der Waals surface area contributed by atoms with Gasteiger partial charge in [0.2, 0.25) is 0 Å². The first-order valence-corrected chi connectivity index (χ1v) is 5.29. The number of nitrogens with one attached hydrogen (secondary N) is 1. The molecular weight excluding hydrogens is 174 g/mol. The lowest BCUT2D eigenvalue weighted by atomic mass is 10.2. The molecule has 0 spiro atoms. The highest BCUT2D eigenvalue weighted by molar-refractivity contribution is 5.21. The Morgan fingerprint density at radius 3 is 2.50 bits per heavy atom. The summed E-state index contributed by atoms with van der Waals surface area (Å²) in [4.78, 5) is 0. The van der Waals surface area contributed by atoms with E-state index in [0.717, 1.165) is 25.3 Å². The van der Waals surface area contributed by atoms with E-state index < -0.39 is 0 Å². The molecule has 1 N–H and O–H groups in total. The van der Waals surface area contributed by atoms with Gasteiger partial charge < -0.3 is 10.1 Å². The summed E-state index contributed by atoms with van der Waals surface area (Å²) >= 11 is 0. The third-order valence-electron chi connectivity index (χ3n) is 2.12. The van der Waals surface area contributed by atoms with Gasteiger partial charge in [0.1, 0.15) is 11.9 Å². The van der Waals surface area contributed by atoms with Gasteiger partial charge in [0.15, 0.2) is 0 Å². The summed E-state index contributed by atoms with van der Waals surface area (Å²) in [5.41, 5.74) is 0. The van der Waals surface area contributed by atoms with Gasteiger partial charge in [-0.1, -0.05) is 32.0 Å². The highest BCUT2D eigenvalue weighted by Crippen LogP contribution is 2.11. The molecule has 2 heteroatoms. The molecule has 0 bridgehead atoms. The fourth-order valence-electron chi connectivity index (χ4n) is 1.27. The van der Waals surface area contributed by atoms with E-state index >= 15 is 0 Å². The lowest BCUT2D eigenvalue weighted by molar-refractivity contribution is 0.194. The molecular formula is C12H19NO. The minimum atomic E-state index is 0.275. The molecule has 1 unspecified atom stereocenters. The van der Waals surface area contributed by atoms with Crippen LogP contribution in [0.3, 0.4) is 0 Å². The Morgan fingerprint density at radius 1 is 1.21 bits per heavy atom. The van der Waals surface area contributed by atoms with Gasteiger partial charge in [-0.05, 0) is 25.1 Å². The van der Waals surface area contributed by atoms with E-state index in [2.05, 4.69) is 19.2 Å². The Kier molecular flexibility index (Phi) is 5.08. The highest BCUT2D eigenvalue weighted by atomic mass is 16.5. The number of likely N-dealkylation sites (N-methyl/N-ethyl adjacent to an activating group) is 1. The zero-order valence-electron chi connectivity index (χ0n) is 8.99. The molecule has 0 saturated carbocycles. The van der Waals surface area contributed by atoms with Gasteiger partial charge in [0.25, 0.3) is 0 Å².